The van der Waals surface area contributed by atoms with Gasteiger partial charge >= 0.3 is 6.09 Å². The predicted molar refractivity (Wildman–Crippen MR) is 108 cm³/mol. The lowest BCUT2D eigenvalue weighted by molar-refractivity contribution is 0.0518. The van der Waals surface area contributed by atoms with Gasteiger partial charge in [0.2, 0.25) is 0 Å². The molecule has 0 aliphatic carbocycles. The van der Waals surface area contributed by atoms with E-state index in [1.165, 1.54) is 4.68 Å². The quantitative estimate of drug-likeness (QED) is 0.685. The Kier molecular flexibility index (Phi) is 5.57. The molecule has 0 amide bonds. The first kappa shape index (κ1) is 20.1. The van der Waals surface area contributed by atoms with Gasteiger partial charge in [-0.05, 0) is 38.8 Å². The number of carbonyl (C=O) groups is 1. The average Bonchev–Trinajstić information content (AvgIpc) is 3.04. The van der Waals surface area contributed by atoms with Gasteiger partial charge < -0.3 is 4.74 Å². The third kappa shape index (κ3) is 3.81. The number of rotatable bonds is 3. The zero-order chi connectivity index (χ0) is 20.5. The van der Waals surface area contributed by atoms with Crippen molar-refractivity contribution in [3.8, 4) is 6.07 Å². The fourth-order valence-corrected chi connectivity index (χ4v) is 3.65. The average molecular weight is 399 g/mol. The van der Waals surface area contributed by atoms with Gasteiger partial charge in [-0.1, -0.05) is 43.1 Å². The van der Waals surface area contributed by atoms with Crippen LogP contribution in [0.1, 0.15) is 57.6 Å². The Balaban J connectivity index is 2.17. The van der Waals surface area contributed by atoms with E-state index in [1.807, 2.05) is 25.1 Å². The van der Waals surface area contributed by atoms with Gasteiger partial charge in [-0.2, -0.15) is 10.4 Å². The lowest BCUT2D eigenvalue weighted by Gasteiger charge is -2.28. The molecule has 2 aromatic rings. The molecule has 2 atom stereocenters. The number of hydrogen-bond acceptors (Lipinski definition) is 5. The second kappa shape index (κ2) is 7.76. The number of ether oxygens (including phenoxy) is 1. The van der Waals surface area contributed by atoms with Gasteiger partial charge in [0.15, 0.2) is 5.82 Å². The normalized spacial score (nSPS) is 18.8. The topological polar surface area (TPSA) is 80.3 Å². The van der Waals surface area contributed by atoms with Gasteiger partial charge in [0, 0.05) is 22.2 Å². The lowest BCUT2D eigenvalue weighted by Crippen LogP contribution is -2.29. The monoisotopic (exact) mass is 398 g/mol. The van der Waals surface area contributed by atoms with Crippen LogP contribution in [0.2, 0.25) is 5.02 Å². The Hall–Kier alpha value is -2.65. The van der Waals surface area contributed by atoms with Crippen molar-refractivity contribution in [3.63, 3.8) is 0 Å². The summed E-state index contributed by atoms with van der Waals surface area (Å²) in [6.45, 7) is 7.42. The largest absolute Gasteiger partial charge is 0.442 e. The minimum Gasteiger partial charge on any atom is -0.442 e. The van der Waals surface area contributed by atoms with Gasteiger partial charge in [-0.15, -0.1) is 4.68 Å². The van der Waals surface area contributed by atoms with Crippen molar-refractivity contribution < 1.29 is 9.53 Å². The number of nitrogens with zero attached hydrogens (tertiary/aromatic N) is 4. The van der Waals surface area contributed by atoms with E-state index in [2.05, 4.69) is 16.2 Å². The highest BCUT2D eigenvalue weighted by Crippen LogP contribution is 2.44. The third-order valence-corrected chi connectivity index (χ3v) is 4.84. The van der Waals surface area contributed by atoms with E-state index < -0.39 is 17.6 Å². The first-order chi connectivity index (χ1) is 13.3. The van der Waals surface area contributed by atoms with Gasteiger partial charge in [0.05, 0.1) is 18.2 Å². The minimum atomic E-state index is -0.655. The molecule has 146 valence electrons. The molecule has 7 heteroatoms. The van der Waals surface area contributed by atoms with E-state index >= 15 is 0 Å². The summed E-state index contributed by atoms with van der Waals surface area (Å²) >= 11 is 6.46. The number of hydrogen-bond donors (Lipinski definition) is 0. The van der Waals surface area contributed by atoms with Gasteiger partial charge in [0.1, 0.15) is 5.60 Å². The molecule has 0 spiro atoms. The minimum absolute atomic E-state index is 0.344. The van der Waals surface area contributed by atoms with Crippen molar-refractivity contribution >= 4 is 29.2 Å². The van der Waals surface area contributed by atoms with Crippen molar-refractivity contribution in [2.45, 2.75) is 52.1 Å². The summed E-state index contributed by atoms with van der Waals surface area (Å²) in [5.41, 5.74) is 1.60. The van der Waals surface area contributed by atoms with Crippen LogP contribution in [-0.2, 0) is 4.74 Å². The summed E-state index contributed by atoms with van der Waals surface area (Å²) in [5.74, 6) is -0.401. The molecule has 1 aliphatic heterocycles. The molecular weight excluding hydrogens is 376 g/mol. The predicted octanol–water partition coefficient (Wildman–Crippen LogP) is 5.48. The van der Waals surface area contributed by atoms with E-state index in [-0.39, 0.29) is 5.92 Å². The maximum atomic E-state index is 12.6. The van der Waals surface area contributed by atoms with Gasteiger partial charge in [-0.3, -0.25) is 0 Å². The van der Waals surface area contributed by atoms with Crippen LogP contribution in [0.4, 0.5) is 10.6 Å². The molecule has 0 saturated heterocycles. The Labute approximate surface area is 169 Å². The van der Waals surface area contributed by atoms with Crippen molar-refractivity contribution in [1.82, 2.24) is 9.78 Å². The summed E-state index contributed by atoms with van der Waals surface area (Å²) in [6, 6.07) is 9.83. The number of benzene rings is 1. The van der Waals surface area contributed by atoms with Crippen molar-refractivity contribution in [1.29, 1.82) is 5.26 Å². The van der Waals surface area contributed by atoms with E-state index in [4.69, 9.17) is 16.3 Å². The van der Waals surface area contributed by atoms with E-state index in [0.717, 1.165) is 17.7 Å². The molecule has 2 heterocycles. The molecule has 2 unspecified atom stereocenters. The Morgan fingerprint density at radius 1 is 1.32 bits per heavy atom. The lowest BCUT2D eigenvalue weighted by atomic mass is 9.77. The first-order valence-corrected chi connectivity index (χ1v) is 9.67. The molecule has 1 aliphatic rings. The number of fused-ring (bicyclic) bond motifs is 1. The molecule has 0 N–H and O–H groups in total. The summed E-state index contributed by atoms with van der Waals surface area (Å²) in [7, 11) is 0. The second-order valence-electron chi connectivity index (χ2n) is 7.77. The zero-order valence-corrected chi connectivity index (χ0v) is 17.2. The van der Waals surface area contributed by atoms with Crippen LogP contribution in [0.5, 0.6) is 0 Å². The van der Waals surface area contributed by atoms with Crippen LogP contribution in [0.15, 0.2) is 35.5 Å². The highest BCUT2D eigenvalue weighted by atomic mass is 35.5. The first-order valence-electron chi connectivity index (χ1n) is 9.29. The number of halogens is 1. The molecule has 28 heavy (non-hydrogen) atoms. The second-order valence-corrected chi connectivity index (χ2v) is 8.18. The highest BCUT2D eigenvalue weighted by molar-refractivity contribution is 6.31. The summed E-state index contributed by atoms with van der Waals surface area (Å²) < 4.78 is 6.64. The molecule has 0 saturated carbocycles. The number of nitriles is 1. The molecule has 0 radical (unpaired) electrons. The highest BCUT2D eigenvalue weighted by Gasteiger charge is 2.38. The van der Waals surface area contributed by atoms with Crippen LogP contribution in [0, 0.1) is 17.2 Å². The summed E-state index contributed by atoms with van der Waals surface area (Å²) in [6.07, 6.45) is 2.48. The Morgan fingerprint density at radius 2 is 2.04 bits per heavy atom. The summed E-state index contributed by atoms with van der Waals surface area (Å²) in [5, 5.41) is 14.7. The molecular formula is C21H23ClN4O2. The molecule has 1 aromatic carbocycles. The zero-order valence-electron chi connectivity index (χ0n) is 16.4. The van der Waals surface area contributed by atoms with Crippen LogP contribution < -0.4 is 0 Å². The van der Waals surface area contributed by atoms with Gasteiger partial charge in [-0.25, -0.2) is 9.79 Å². The van der Waals surface area contributed by atoms with Crippen molar-refractivity contribution in [2.75, 3.05) is 0 Å². The fraction of sp³-hybridized carbons (Fsp3) is 0.429. The number of aliphatic imine (C=N–C) groups is 1. The number of carbonyl (C=O) groups excluding carboxylic acids is 1. The third-order valence-electron chi connectivity index (χ3n) is 4.50. The molecule has 1 aromatic heterocycles. The van der Waals surface area contributed by atoms with E-state index in [0.29, 0.717) is 22.8 Å². The van der Waals surface area contributed by atoms with Crippen molar-refractivity contribution in [3.05, 3.63) is 46.6 Å². The van der Waals surface area contributed by atoms with E-state index in [1.54, 1.807) is 33.0 Å². The SMILES string of the molecule is CCCC1=Nc2c(cnn2C(=O)OC(C)(C)C)C(c2ccccc2Cl)C1C#N. The van der Waals surface area contributed by atoms with E-state index in [9.17, 15) is 10.1 Å². The maximum Gasteiger partial charge on any atom is 0.437 e. The molecule has 6 nitrogen and oxygen atoms in total. The summed E-state index contributed by atoms with van der Waals surface area (Å²) in [4.78, 5) is 17.3. The van der Waals surface area contributed by atoms with Crippen LogP contribution in [0.25, 0.3) is 0 Å². The molecule has 0 fully saturated rings. The molecule has 3 rings (SSSR count). The fourth-order valence-electron chi connectivity index (χ4n) is 3.39. The molecule has 0 bridgehead atoms. The van der Waals surface area contributed by atoms with Gasteiger partial charge in [0.25, 0.3) is 0 Å². The van der Waals surface area contributed by atoms with Crippen molar-refractivity contribution in [2.24, 2.45) is 10.9 Å². The van der Waals surface area contributed by atoms with Crippen LogP contribution in [0.3, 0.4) is 0 Å². The van der Waals surface area contributed by atoms with Crippen LogP contribution in [-0.4, -0.2) is 27.2 Å². The Bertz CT molecular complexity index is 966. The maximum absolute atomic E-state index is 12.6. The smallest absolute Gasteiger partial charge is 0.437 e. The number of aromatic nitrogens is 2. The van der Waals surface area contributed by atoms with Crippen LogP contribution >= 0.6 is 11.6 Å². The Morgan fingerprint density at radius 3 is 2.64 bits per heavy atom. The standard InChI is InChI=1S/C21H23ClN4O2/c1-5-8-17-14(11-23)18(13-9-6-7-10-16(13)22)15-12-24-26(19(15)25-17)20(27)28-21(2,3)4/h6-7,9-10,12,14,18H,5,8H2,1-4H3.